The standard InChI is InChI=1S/C13H16N2O3S/c1-18-12(17)9-2-3-11-10(4-9)14-13(19-11)15-5-8(6-15)7-16/h2-4,8,12,16-17H,5-7H2,1H3. The van der Waals surface area contributed by atoms with E-state index in [1.165, 1.54) is 7.11 Å². The molecule has 1 saturated heterocycles. The molecule has 1 fully saturated rings. The van der Waals surface area contributed by atoms with Gasteiger partial charge in [0.25, 0.3) is 0 Å². The molecule has 2 heterocycles. The van der Waals surface area contributed by atoms with Crippen LogP contribution in [0.25, 0.3) is 10.2 Å². The van der Waals surface area contributed by atoms with Crippen LogP contribution >= 0.6 is 11.3 Å². The van der Waals surface area contributed by atoms with Crippen molar-refractivity contribution in [1.29, 1.82) is 0 Å². The van der Waals surface area contributed by atoms with E-state index >= 15 is 0 Å². The second kappa shape index (κ2) is 5.05. The van der Waals surface area contributed by atoms with E-state index in [1.807, 2.05) is 18.2 Å². The first-order valence-corrected chi connectivity index (χ1v) is 7.00. The van der Waals surface area contributed by atoms with Gasteiger partial charge in [-0.05, 0) is 12.1 Å². The molecule has 1 aliphatic heterocycles. The lowest BCUT2D eigenvalue weighted by atomic mass is 10.0. The Morgan fingerprint density at radius 1 is 1.53 bits per heavy atom. The summed E-state index contributed by atoms with van der Waals surface area (Å²) in [6.45, 7) is 1.97. The highest BCUT2D eigenvalue weighted by Gasteiger charge is 2.28. The molecule has 1 aliphatic rings. The Labute approximate surface area is 115 Å². The SMILES string of the molecule is COC(O)c1ccc2sc(N3CC(CO)C3)nc2c1. The number of nitrogens with zero attached hydrogens (tertiary/aromatic N) is 2. The highest BCUT2D eigenvalue weighted by atomic mass is 32.1. The lowest BCUT2D eigenvalue weighted by Gasteiger charge is -2.37. The van der Waals surface area contributed by atoms with E-state index in [9.17, 15) is 5.11 Å². The molecule has 19 heavy (non-hydrogen) atoms. The summed E-state index contributed by atoms with van der Waals surface area (Å²) < 4.78 is 5.99. The second-order valence-corrected chi connectivity index (χ2v) is 5.77. The number of methoxy groups -OCH3 is 1. The maximum Gasteiger partial charge on any atom is 0.186 e. The molecule has 2 N–H and O–H groups in total. The van der Waals surface area contributed by atoms with Gasteiger partial charge in [-0.2, -0.15) is 0 Å². The molecular weight excluding hydrogens is 264 g/mol. The Morgan fingerprint density at radius 3 is 3.00 bits per heavy atom. The van der Waals surface area contributed by atoms with E-state index < -0.39 is 6.29 Å². The Morgan fingerprint density at radius 2 is 2.32 bits per heavy atom. The topological polar surface area (TPSA) is 65.8 Å². The summed E-state index contributed by atoms with van der Waals surface area (Å²) in [5.74, 6) is 0.373. The quantitative estimate of drug-likeness (QED) is 0.828. The van der Waals surface area contributed by atoms with Gasteiger partial charge in [0.05, 0.1) is 10.2 Å². The van der Waals surface area contributed by atoms with E-state index in [4.69, 9.17) is 9.84 Å². The monoisotopic (exact) mass is 280 g/mol. The molecule has 0 spiro atoms. The zero-order chi connectivity index (χ0) is 13.4. The number of thiazole rings is 1. The number of fused-ring (bicyclic) bond motifs is 1. The van der Waals surface area contributed by atoms with Crippen LogP contribution in [-0.2, 0) is 4.74 Å². The van der Waals surface area contributed by atoms with E-state index in [0.29, 0.717) is 11.5 Å². The van der Waals surface area contributed by atoms with Gasteiger partial charge in [0.2, 0.25) is 0 Å². The normalized spacial score (nSPS) is 17.7. The smallest absolute Gasteiger partial charge is 0.186 e. The molecule has 2 aromatic rings. The van der Waals surface area contributed by atoms with Crippen molar-refractivity contribution in [3.63, 3.8) is 0 Å². The minimum Gasteiger partial charge on any atom is -0.396 e. The van der Waals surface area contributed by atoms with Crippen LogP contribution in [0.5, 0.6) is 0 Å². The number of aliphatic hydroxyl groups is 2. The van der Waals surface area contributed by atoms with Gasteiger partial charge < -0.3 is 19.8 Å². The summed E-state index contributed by atoms with van der Waals surface area (Å²) >= 11 is 1.63. The zero-order valence-electron chi connectivity index (χ0n) is 10.6. The van der Waals surface area contributed by atoms with Gasteiger partial charge >= 0.3 is 0 Å². The maximum atomic E-state index is 9.64. The van der Waals surface area contributed by atoms with Crippen LogP contribution in [0.1, 0.15) is 11.9 Å². The van der Waals surface area contributed by atoms with Crippen LogP contribution in [0.3, 0.4) is 0 Å². The molecule has 102 valence electrons. The highest BCUT2D eigenvalue weighted by molar-refractivity contribution is 7.22. The van der Waals surface area contributed by atoms with Crippen LogP contribution < -0.4 is 4.90 Å². The fraction of sp³-hybridized carbons (Fsp3) is 0.462. The molecule has 5 nitrogen and oxygen atoms in total. The molecule has 1 atom stereocenters. The number of hydrogen-bond donors (Lipinski definition) is 2. The molecule has 1 aromatic carbocycles. The molecule has 1 aromatic heterocycles. The number of hydrogen-bond acceptors (Lipinski definition) is 6. The van der Waals surface area contributed by atoms with E-state index in [0.717, 1.165) is 28.4 Å². The molecule has 1 unspecified atom stereocenters. The van der Waals surface area contributed by atoms with Crippen molar-refractivity contribution in [3.8, 4) is 0 Å². The predicted octanol–water partition coefficient (Wildman–Crippen LogP) is 1.36. The predicted molar refractivity (Wildman–Crippen MR) is 74.4 cm³/mol. The average molecular weight is 280 g/mol. The Balaban J connectivity index is 1.85. The van der Waals surface area contributed by atoms with Gasteiger partial charge in [0, 0.05) is 38.3 Å². The summed E-state index contributed by atoms with van der Waals surface area (Å²) in [4.78, 5) is 6.74. The molecule has 0 radical (unpaired) electrons. The Hall–Kier alpha value is -1.21. The molecule has 0 saturated carbocycles. The minimum absolute atomic E-state index is 0.242. The minimum atomic E-state index is -0.905. The molecule has 0 aliphatic carbocycles. The number of benzene rings is 1. The zero-order valence-corrected chi connectivity index (χ0v) is 11.4. The van der Waals surface area contributed by atoms with Crippen molar-refractivity contribution in [2.75, 3.05) is 31.7 Å². The third-order valence-electron chi connectivity index (χ3n) is 3.39. The van der Waals surface area contributed by atoms with Gasteiger partial charge in [-0.25, -0.2) is 4.98 Å². The van der Waals surface area contributed by atoms with Gasteiger partial charge in [0.15, 0.2) is 11.4 Å². The van der Waals surface area contributed by atoms with Crippen LogP contribution in [0.4, 0.5) is 5.13 Å². The molecule has 0 amide bonds. The molecule has 6 heteroatoms. The van der Waals surface area contributed by atoms with Crippen molar-refractivity contribution in [3.05, 3.63) is 23.8 Å². The van der Waals surface area contributed by atoms with Gasteiger partial charge in [0.1, 0.15) is 0 Å². The number of rotatable bonds is 4. The summed E-state index contributed by atoms with van der Waals surface area (Å²) in [6.07, 6.45) is -0.905. The Kier molecular flexibility index (Phi) is 3.40. The molecular formula is C13H16N2O3S. The largest absolute Gasteiger partial charge is 0.396 e. The van der Waals surface area contributed by atoms with Crippen molar-refractivity contribution < 1.29 is 14.9 Å². The average Bonchev–Trinajstić information content (AvgIpc) is 2.78. The first kappa shape index (κ1) is 12.8. The Bertz CT molecular complexity index is 580. The van der Waals surface area contributed by atoms with E-state index in [2.05, 4.69) is 9.88 Å². The summed E-state index contributed by atoms with van der Waals surface area (Å²) in [7, 11) is 1.47. The fourth-order valence-corrected chi connectivity index (χ4v) is 3.16. The van der Waals surface area contributed by atoms with Crippen LogP contribution in [-0.4, -0.2) is 42.0 Å². The summed E-state index contributed by atoms with van der Waals surface area (Å²) in [6, 6.07) is 5.66. The summed E-state index contributed by atoms with van der Waals surface area (Å²) in [5.41, 5.74) is 1.59. The first-order chi connectivity index (χ1) is 9.21. The number of ether oxygens (including phenoxy) is 1. The van der Waals surface area contributed by atoms with E-state index in [-0.39, 0.29) is 6.61 Å². The lowest BCUT2D eigenvalue weighted by Crippen LogP contribution is -2.48. The van der Waals surface area contributed by atoms with Gasteiger partial charge in [-0.3, -0.25) is 0 Å². The van der Waals surface area contributed by atoms with Gasteiger partial charge in [-0.1, -0.05) is 17.4 Å². The first-order valence-electron chi connectivity index (χ1n) is 6.18. The van der Waals surface area contributed by atoms with Crippen LogP contribution in [0.2, 0.25) is 0 Å². The lowest BCUT2D eigenvalue weighted by molar-refractivity contribution is -0.0768. The van der Waals surface area contributed by atoms with Crippen molar-refractivity contribution in [2.24, 2.45) is 5.92 Å². The van der Waals surface area contributed by atoms with Crippen LogP contribution in [0.15, 0.2) is 18.2 Å². The third kappa shape index (κ3) is 2.32. The number of aliphatic hydroxyl groups excluding tert-OH is 2. The molecule has 0 bridgehead atoms. The number of anilines is 1. The van der Waals surface area contributed by atoms with E-state index in [1.54, 1.807) is 11.3 Å². The fourth-order valence-electron chi connectivity index (χ4n) is 2.20. The number of aromatic nitrogens is 1. The van der Waals surface area contributed by atoms with Crippen molar-refractivity contribution in [2.45, 2.75) is 6.29 Å². The van der Waals surface area contributed by atoms with Gasteiger partial charge in [-0.15, -0.1) is 0 Å². The van der Waals surface area contributed by atoms with Crippen molar-refractivity contribution in [1.82, 2.24) is 4.98 Å². The van der Waals surface area contributed by atoms with Crippen molar-refractivity contribution >= 4 is 26.7 Å². The van der Waals surface area contributed by atoms with Crippen LogP contribution in [0, 0.1) is 5.92 Å². The maximum absolute atomic E-state index is 9.64. The second-order valence-electron chi connectivity index (χ2n) is 4.77. The third-order valence-corrected chi connectivity index (χ3v) is 4.49. The highest BCUT2D eigenvalue weighted by Crippen LogP contribution is 2.33. The summed E-state index contributed by atoms with van der Waals surface area (Å²) in [5, 5.41) is 19.6. The molecule has 3 rings (SSSR count).